The summed E-state index contributed by atoms with van der Waals surface area (Å²) in [5.74, 6) is -0.502. The van der Waals surface area contributed by atoms with E-state index < -0.39 is 5.97 Å². The van der Waals surface area contributed by atoms with E-state index in [1.165, 1.54) is 0 Å². The quantitative estimate of drug-likeness (QED) is 0.927. The van der Waals surface area contributed by atoms with E-state index in [-0.39, 0.29) is 18.2 Å². The molecule has 0 saturated carbocycles. The van der Waals surface area contributed by atoms with Crippen molar-refractivity contribution in [3.63, 3.8) is 0 Å². The topological polar surface area (TPSA) is 57.6 Å². The molecule has 1 aliphatic heterocycles. The van der Waals surface area contributed by atoms with Crippen LogP contribution in [0.4, 0.5) is 0 Å². The highest BCUT2D eigenvalue weighted by Gasteiger charge is 2.25. The minimum absolute atomic E-state index is 0.00461. The molecular weight excluding hydrogens is 290 g/mol. The van der Waals surface area contributed by atoms with Crippen LogP contribution in [0.1, 0.15) is 41.6 Å². The number of hydrogen-bond donors (Lipinski definition) is 1. The van der Waals surface area contributed by atoms with E-state index in [1.807, 2.05) is 11.8 Å². The Bertz CT molecular complexity index is 544. The molecule has 1 saturated heterocycles. The number of carbonyl (C=O) groups excluding carboxylic acids is 1. The van der Waals surface area contributed by atoms with Crippen LogP contribution in [0, 0.1) is 12.8 Å². The Labute approximate surface area is 129 Å². The molecule has 2 rings (SSSR count). The van der Waals surface area contributed by atoms with E-state index >= 15 is 0 Å². The third kappa shape index (κ3) is 3.97. The van der Waals surface area contributed by atoms with Crippen molar-refractivity contribution in [2.75, 3.05) is 13.1 Å². The van der Waals surface area contributed by atoms with Gasteiger partial charge in [-0.05, 0) is 49.8 Å². The molecule has 0 radical (unpaired) electrons. The van der Waals surface area contributed by atoms with E-state index in [1.54, 1.807) is 18.2 Å². The van der Waals surface area contributed by atoms with Crippen molar-refractivity contribution in [1.82, 2.24) is 4.90 Å². The molecule has 0 aromatic heterocycles. The number of rotatable bonds is 4. The second kappa shape index (κ2) is 6.94. The summed E-state index contributed by atoms with van der Waals surface area (Å²) >= 11 is 6.07. The largest absolute Gasteiger partial charge is 0.481 e. The fourth-order valence-electron chi connectivity index (χ4n) is 2.82. The highest BCUT2D eigenvalue weighted by molar-refractivity contribution is 6.31. The normalized spacial score (nSPS) is 18.6. The molecule has 0 bridgehead atoms. The van der Waals surface area contributed by atoms with Gasteiger partial charge in [-0.15, -0.1) is 0 Å². The van der Waals surface area contributed by atoms with Crippen molar-refractivity contribution in [3.8, 4) is 0 Å². The lowest BCUT2D eigenvalue weighted by Gasteiger charge is -2.33. The van der Waals surface area contributed by atoms with Crippen molar-refractivity contribution in [2.45, 2.75) is 32.6 Å². The Morgan fingerprint density at radius 1 is 1.43 bits per heavy atom. The number of hydrogen-bond acceptors (Lipinski definition) is 2. The summed E-state index contributed by atoms with van der Waals surface area (Å²) in [6.45, 7) is 3.22. The average Bonchev–Trinajstić information content (AvgIpc) is 2.47. The molecule has 1 aliphatic rings. The monoisotopic (exact) mass is 309 g/mol. The number of carboxylic acids is 1. The van der Waals surface area contributed by atoms with Gasteiger partial charge in [-0.3, -0.25) is 9.59 Å². The zero-order valence-electron chi connectivity index (χ0n) is 12.1. The first-order valence-corrected chi connectivity index (χ1v) is 7.63. The van der Waals surface area contributed by atoms with Gasteiger partial charge in [0.2, 0.25) is 0 Å². The van der Waals surface area contributed by atoms with Crippen molar-refractivity contribution in [3.05, 3.63) is 34.3 Å². The summed E-state index contributed by atoms with van der Waals surface area (Å²) in [4.78, 5) is 25.1. The molecule has 114 valence electrons. The zero-order valence-corrected chi connectivity index (χ0v) is 12.9. The Hall–Kier alpha value is -1.55. The first-order chi connectivity index (χ1) is 9.99. The molecule has 21 heavy (non-hydrogen) atoms. The lowest BCUT2D eigenvalue weighted by molar-refractivity contribution is -0.137. The van der Waals surface area contributed by atoms with Crippen LogP contribution in [0.3, 0.4) is 0 Å². The van der Waals surface area contributed by atoms with Gasteiger partial charge in [-0.25, -0.2) is 0 Å². The molecular formula is C16H20ClNO3. The number of carboxylic acid groups (broad SMARTS) is 1. The van der Waals surface area contributed by atoms with Crippen LogP contribution < -0.4 is 0 Å². The maximum atomic E-state index is 12.6. The number of benzene rings is 1. The van der Waals surface area contributed by atoms with E-state index in [2.05, 4.69) is 0 Å². The lowest BCUT2D eigenvalue weighted by Crippen LogP contribution is -2.40. The van der Waals surface area contributed by atoms with Gasteiger partial charge in [-0.2, -0.15) is 0 Å². The Balaban J connectivity index is 2.05. The lowest BCUT2D eigenvalue weighted by atomic mass is 9.92. The third-order valence-corrected chi connectivity index (χ3v) is 4.48. The number of likely N-dealkylation sites (tertiary alicyclic amines) is 1. The highest BCUT2D eigenvalue weighted by Crippen LogP contribution is 2.25. The predicted molar refractivity (Wildman–Crippen MR) is 81.7 cm³/mol. The number of piperidine rings is 1. The van der Waals surface area contributed by atoms with Gasteiger partial charge in [-0.1, -0.05) is 17.7 Å². The standard InChI is InChI=1S/C16H20ClNO3/c1-11-13(5-2-6-14(11)17)16(21)18-9-3-4-12(10-18)7-8-15(19)20/h2,5-6,12H,3-4,7-10H2,1H3,(H,19,20). The summed E-state index contributed by atoms with van der Waals surface area (Å²) < 4.78 is 0. The van der Waals surface area contributed by atoms with Gasteiger partial charge < -0.3 is 10.0 Å². The van der Waals surface area contributed by atoms with Crippen LogP contribution in [-0.2, 0) is 4.79 Å². The van der Waals surface area contributed by atoms with Gasteiger partial charge >= 0.3 is 5.97 Å². The minimum Gasteiger partial charge on any atom is -0.481 e. The van der Waals surface area contributed by atoms with Gasteiger partial charge in [0.05, 0.1) is 0 Å². The first kappa shape index (κ1) is 15.8. The Morgan fingerprint density at radius 3 is 2.90 bits per heavy atom. The summed E-state index contributed by atoms with van der Waals surface area (Å²) in [5, 5.41) is 9.37. The van der Waals surface area contributed by atoms with Gasteiger partial charge in [0, 0.05) is 30.1 Å². The molecule has 5 heteroatoms. The third-order valence-electron chi connectivity index (χ3n) is 4.07. The second-order valence-electron chi connectivity index (χ2n) is 5.60. The fraction of sp³-hybridized carbons (Fsp3) is 0.500. The van der Waals surface area contributed by atoms with E-state index in [9.17, 15) is 9.59 Å². The molecule has 1 aromatic rings. The molecule has 0 spiro atoms. The fourth-order valence-corrected chi connectivity index (χ4v) is 3.00. The molecule has 1 heterocycles. The summed E-state index contributed by atoms with van der Waals surface area (Å²) in [6.07, 6.45) is 2.72. The number of aliphatic carboxylic acids is 1. The molecule has 4 nitrogen and oxygen atoms in total. The van der Waals surface area contributed by atoms with Crippen LogP contribution >= 0.6 is 11.6 Å². The van der Waals surface area contributed by atoms with Crippen molar-refractivity contribution in [2.24, 2.45) is 5.92 Å². The van der Waals surface area contributed by atoms with Crippen LogP contribution in [0.25, 0.3) is 0 Å². The number of nitrogens with zero attached hydrogens (tertiary/aromatic N) is 1. The Kier molecular flexibility index (Phi) is 5.23. The summed E-state index contributed by atoms with van der Waals surface area (Å²) in [5.41, 5.74) is 1.44. The first-order valence-electron chi connectivity index (χ1n) is 7.25. The summed E-state index contributed by atoms with van der Waals surface area (Å²) in [7, 11) is 0. The number of amides is 1. The van der Waals surface area contributed by atoms with Crippen molar-refractivity contribution in [1.29, 1.82) is 0 Å². The van der Waals surface area contributed by atoms with E-state index in [4.69, 9.17) is 16.7 Å². The van der Waals surface area contributed by atoms with E-state index in [0.717, 1.165) is 24.9 Å². The maximum Gasteiger partial charge on any atom is 0.303 e. The smallest absolute Gasteiger partial charge is 0.303 e. The maximum absolute atomic E-state index is 12.6. The highest BCUT2D eigenvalue weighted by atomic mass is 35.5. The van der Waals surface area contributed by atoms with Gasteiger partial charge in [0.15, 0.2) is 0 Å². The molecule has 1 N–H and O–H groups in total. The Morgan fingerprint density at radius 2 is 2.19 bits per heavy atom. The molecule has 1 atom stereocenters. The zero-order chi connectivity index (χ0) is 15.4. The molecule has 1 amide bonds. The van der Waals surface area contributed by atoms with Crippen LogP contribution in [0.2, 0.25) is 5.02 Å². The van der Waals surface area contributed by atoms with Crippen LogP contribution in [0.15, 0.2) is 18.2 Å². The SMILES string of the molecule is Cc1c(Cl)cccc1C(=O)N1CCCC(CCC(=O)O)C1. The molecule has 1 unspecified atom stereocenters. The molecule has 1 fully saturated rings. The van der Waals surface area contributed by atoms with Crippen molar-refractivity contribution >= 4 is 23.5 Å². The van der Waals surface area contributed by atoms with E-state index in [0.29, 0.717) is 23.6 Å². The van der Waals surface area contributed by atoms with Crippen LogP contribution in [0.5, 0.6) is 0 Å². The summed E-state index contributed by atoms with van der Waals surface area (Å²) in [6, 6.07) is 5.36. The number of carbonyl (C=O) groups is 2. The van der Waals surface area contributed by atoms with Gasteiger partial charge in [0.25, 0.3) is 5.91 Å². The number of halogens is 1. The molecule has 0 aliphatic carbocycles. The second-order valence-corrected chi connectivity index (χ2v) is 6.01. The predicted octanol–water partition coefficient (Wildman–Crippen LogP) is 3.37. The van der Waals surface area contributed by atoms with Gasteiger partial charge in [0.1, 0.15) is 0 Å². The average molecular weight is 310 g/mol. The van der Waals surface area contributed by atoms with Crippen LogP contribution in [-0.4, -0.2) is 35.0 Å². The van der Waals surface area contributed by atoms with Crippen molar-refractivity contribution < 1.29 is 14.7 Å². The minimum atomic E-state index is -0.774. The molecule has 1 aromatic carbocycles.